The number of nitrogens with two attached hydrogens (primary N) is 1. The standard InChI is InChI=1S/C16H22FN3O/c1-3-20(4-2)11-10-19-16(21)14-12-13(6-5-9-18)7-8-15(14)17/h7-8,12H,3-4,9-11,18H2,1-2H3,(H,19,21). The van der Waals surface area contributed by atoms with Gasteiger partial charge in [0.15, 0.2) is 0 Å². The van der Waals surface area contributed by atoms with Gasteiger partial charge in [-0.3, -0.25) is 4.79 Å². The van der Waals surface area contributed by atoms with Gasteiger partial charge in [-0.15, -0.1) is 0 Å². The van der Waals surface area contributed by atoms with Gasteiger partial charge in [0.05, 0.1) is 12.1 Å². The first kappa shape index (κ1) is 17.2. The van der Waals surface area contributed by atoms with Crippen molar-refractivity contribution in [2.24, 2.45) is 5.73 Å². The fourth-order valence-electron chi connectivity index (χ4n) is 1.89. The van der Waals surface area contributed by atoms with Crippen LogP contribution in [0.5, 0.6) is 0 Å². The van der Waals surface area contributed by atoms with Crippen LogP contribution < -0.4 is 11.1 Å². The number of likely N-dealkylation sites (N-methyl/N-ethyl adjacent to an activating group) is 1. The van der Waals surface area contributed by atoms with Crippen molar-refractivity contribution >= 4 is 5.91 Å². The molecular weight excluding hydrogens is 269 g/mol. The average Bonchev–Trinajstić information content (AvgIpc) is 2.50. The Labute approximate surface area is 125 Å². The van der Waals surface area contributed by atoms with Crippen molar-refractivity contribution in [3.63, 3.8) is 0 Å². The Bertz CT molecular complexity index is 530. The van der Waals surface area contributed by atoms with Crippen molar-refractivity contribution < 1.29 is 9.18 Å². The van der Waals surface area contributed by atoms with Crippen molar-refractivity contribution in [3.8, 4) is 11.8 Å². The van der Waals surface area contributed by atoms with E-state index >= 15 is 0 Å². The summed E-state index contributed by atoms with van der Waals surface area (Å²) in [7, 11) is 0. The van der Waals surface area contributed by atoms with E-state index in [1.165, 1.54) is 18.2 Å². The number of halogens is 1. The molecule has 1 aromatic rings. The third kappa shape index (κ3) is 5.54. The van der Waals surface area contributed by atoms with Crippen LogP contribution in [0.3, 0.4) is 0 Å². The summed E-state index contributed by atoms with van der Waals surface area (Å²) in [5.41, 5.74) is 5.88. The van der Waals surface area contributed by atoms with E-state index in [1.807, 2.05) is 0 Å². The molecule has 0 radical (unpaired) electrons. The van der Waals surface area contributed by atoms with Crippen LogP contribution in [0.15, 0.2) is 18.2 Å². The molecule has 0 fully saturated rings. The topological polar surface area (TPSA) is 58.4 Å². The zero-order valence-electron chi connectivity index (χ0n) is 12.6. The van der Waals surface area contributed by atoms with E-state index in [0.717, 1.165) is 19.6 Å². The molecule has 0 heterocycles. The van der Waals surface area contributed by atoms with Crippen molar-refractivity contribution in [1.82, 2.24) is 10.2 Å². The largest absolute Gasteiger partial charge is 0.351 e. The molecule has 5 heteroatoms. The summed E-state index contributed by atoms with van der Waals surface area (Å²) >= 11 is 0. The third-order valence-corrected chi connectivity index (χ3v) is 3.15. The zero-order valence-corrected chi connectivity index (χ0v) is 12.6. The van der Waals surface area contributed by atoms with Gasteiger partial charge in [0.25, 0.3) is 5.91 Å². The lowest BCUT2D eigenvalue weighted by Crippen LogP contribution is -2.35. The number of carbonyl (C=O) groups is 1. The quantitative estimate of drug-likeness (QED) is 0.775. The first-order chi connectivity index (χ1) is 10.1. The maximum atomic E-state index is 13.7. The fraction of sp³-hybridized carbons (Fsp3) is 0.438. The van der Waals surface area contributed by atoms with Crippen LogP contribution in [0, 0.1) is 17.7 Å². The number of rotatable bonds is 6. The van der Waals surface area contributed by atoms with E-state index in [4.69, 9.17) is 5.73 Å². The van der Waals surface area contributed by atoms with E-state index in [2.05, 4.69) is 35.9 Å². The molecule has 0 saturated carbocycles. The molecule has 21 heavy (non-hydrogen) atoms. The highest BCUT2D eigenvalue weighted by molar-refractivity contribution is 5.94. The summed E-state index contributed by atoms with van der Waals surface area (Å²) in [4.78, 5) is 14.2. The molecule has 1 aromatic carbocycles. The maximum Gasteiger partial charge on any atom is 0.254 e. The molecular formula is C16H22FN3O. The lowest BCUT2D eigenvalue weighted by molar-refractivity contribution is 0.0945. The van der Waals surface area contributed by atoms with Gasteiger partial charge in [-0.2, -0.15) is 0 Å². The average molecular weight is 291 g/mol. The summed E-state index contributed by atoms with van der Waals surface area (Å²) in [6, 6.07) is 4.23. The molecule has 0 aliphatic heterocycles. The summed E-state index contributed by atoms with van der Waals surface area (Å²) in [5, 5.41) is 2.73. The minimum Gasteiger partial charge on any atom is -0.351 e. The van der Waals surface area contributed by atoms with Gasteiger partial charge in [0.2, 0.25) is 0 Å². The Morgan fingerprint density at radius 2 is 2.10 bits per heavy atom. The monoisotopic (exact) mass is 291 g/mol. The Hall–Kier alpha value is -1.90. The van der Waals surface area contributed by atoms with Crippen molar-refractivity contribution in [2.75, 3.05) is 32.7 Å². The molecule has 0 bridgehead atoms. The van der Waals surface area contributed by atoms with E-state index in [0.29, 0.717) is 12.1 Å². The Morgan fingerprint density at radius 3 is 2.71 bits per heavy atom. The summed E-state index contributed by atoms with van der Waals surface area (Å²) in [6.07, 6.45) is 0. The lowest BCUT2D eigenvalue weighted by Gasteiger charge is -2.18. The molecule has 0 aliphatic rings. The van der Waals surface area contributed by atoms with Gasteiger partial charge in [0.1, 0.15) is 5.82 Å². The number of nitrogens with zero attached hydrogens (tertiary/aromatic N) is 1. The van der Waals surface area contributed by atoms with Crippen LogP contribution in [-0.4, -0.2) is 43.5 Å². The zero-order chi connectivity index (χ0) is 15.7. The van der Waals surface area contributed by atoms with Gasteiger partial charge in [0, 0.05) is 18.7 Å². The molecule has 0 spiro atoms. The predicted octanol–water partition coefficient (Wildman–Crippen LogP) is 1.21. The summed E-state index contributed by atoms with van der Waals surface area (Å²) in [6.45, 7) is 7.42. The smallest absolute Gasteiger partial charge is 0.254 e. The van der Waals surface area contributed by atoms with E-state index in [1.54, 1.807) is 0 Å². The van der Waals surface area contributed by atoms with Gasteiger partial charge in [-0.05, 0) is 31.3 Å². The molecule has 3 N–H and O–H groups in total. The number of amides is 1. The van der Waals surface area contributed by atoms with Gasteiger partial charge >= 0.3 is 0 Å². The lowest BCUT2D eigenvalue weighted by atomic mass is 10.1. The molecule has 0 aliphatic carbocycles. The van der Waals surface area contributed by atoms with E-state index in [9.17, 15) is 9.18 Å². The molecule has 0 unspecified atom stereocenters. The molecule has 0 aromatic heterocycles. The number of carbonyl (C=O) groups excluding carboxylic acids is 1. The van der Waals surface area contributed by atoms with Gasteiger partial charge in [-0.25, -0.2) is 4.39 Å². The van der Waals surface area contributed by atoms with Crippen LogP contribution in [0.1, 0.15) is 29.8 Å². The van der Waals surface area contributed by atoms with Gasteiger partial charge < -0.3 is 16.0 Å². The van der Waals surface area contributed by atoms with E-state index in [-0.39, 0.29) is 12.1 Å². The SMILES string of the molecule is CCN(CC)CCNC(=O)c1cc(C#CCN)ccc1F. The van der Waals surface area contributed by atoms with Crippen LogP contribution in [0.4, 0.5) is 4.39 Å². The number of hydrogen-bond acceptors (Lipinski definition) is 3. The van der Waals surface area contributed by atoms with Gasteiger partial charge in [-0.1, -0.05) is 25.7 Å². The molecule has 114 valence electrons. The minimum absolute atomic E-state index is 0.0124. The van der Waals surface area contributed by atoms with Crippen molar-refractivity contribution in [1.29, 1.82) is 0 Å². The maximum absolute atomic E-state index is 13.7. The Balaban J connectivity index is 2.68. The third-order valence-electron chi connectivity index (χ3n) is 3.15. The van der Waals surface area contributed by atoms with Crippen molar-refractivity contribution in [2.45, 2.75) is 13.8 Å². The molecule has 1 rings (SSSR count). The molecule has 4 nitrogen and oxygen atoms in total. The molecule has 1 amide bonds. The second-order valence-corrected chi connectivity index (χ2v) is 4.48. The van der Waals surface area contributed by atoms with Crippen LogP contribution in [0.2, 0.25) is 0 Å². The minimum atomic E-state index is -0.548. The van der Waals surface area contributed by atoms with Crippen LogP contribution >= 0.6 is 0 Å². The highest BCUT2D eigenvalue weighted by Crippen LogP contribution is 2.10. The highest BCUT2D eigenvalue weighted by atomic mass is 19.1. The van der Waals surface area contributed by atoms with Crippen LogP contribution in [-0.2, 0) is 0 Å². The summed E-state index contributed by atoms with van der Waals surface area (Å²) in [5.74, 6) is 4.50. The second kappa shape index (κ2) is 9.11. The first-order valence-electron chi connectivity index (χ1n) is 7.11. The number of benzene rings is 1. The first-order valence-corrected chi connectivity index (χ1v) is 7.11. The Kier molecular flexibility index (Phi) is 7.44. The fourth-order valence-corrected chi connectivity index (χ4v) is 1.89. The molecule has 0 atom stereocenters. The number of nitrogens with one attached hydrogen (secondary N) is 1. The van der Waals surface area contributed by atoms with Crippen LogP contribution in [0.25, 0.3) is 0 Å². The van der Waals surface area contributed by atoms with Crippen molar-refractivity contribution in [3.05, 3.63) is 35.1 Å². The second-order valence-electron chi connectivity index (χ2n) is 4.48. The highest BCUT2D eigenvalue weighted by Gasteiger charge is 2.12. The number of hydrogen-bond donors (Lipinski definition) is 2. The Morgan fingerprint density at radius 1 is 1.38 bits per heavy atom. The normalized spacial score (nSPS) is 10.1. The summed E-state index contributed by atoms with van der Waals surface area (Å²) < 4.78 is 13.7. The van der Waals surface area contributed by atoms with E-state index < -0.39 is 11.7 Å². The predicted molar refractivity (Wildman–Crippen MR) is 82.5 cm³/mol. The molecule has 0 saturated heterocycles.